The van der Waals surface area contributed by atoms with Crippen LogP contribution >= 0.6 is 0 Å². The predicted octanol–water partition coefficient (Wildman–Crippen LogP) is 5.85. The van der Waals surface area contributed by atoms with Crippen molar-refractivity contribution < 1.29 is 19.1 Å². The number of allylic oxidation sites excluding steroid dienone is 1. The lowest BCUT2D eigenvalue weighted by atomic mass is 10.1. The molecule has 2 aromatic rings. The molecule has 0 spiro atoms. The Morgan fingerprint density at radius 2 is 1.72 bits per heavy atom. The van der Waals surface area contributed by atoms with E-state index in [1.807, 2.05) is 43.3 Å². The van der Waals surface area contributed by atoms with Crippen molar-refractivity contribution in [2.24, 2.45) is 0 Å². The zero-order chi connectivity index (χ0) is 23.2. The van der Waals surface area contributed by atoms with Gasteiger partial charge in [-0.2, -0.15) is 0 Å². The molecule has 0 saturated heterocycles. The number of aromatic nitrogens is 2. The minimum absolute atomic E-state index is 0.0998. The van der Waals surface area contributed by atoms with Crippen LogP contribution in [-0.2, 0) is 20.7 Å². The fourth-order valence-corrected chi connectivity index (χ4v) is 3.06. The van der Waals surface area contributed by atoms with Crippen molar-refractivity contribution in [3.63, 3.8) is 0 Å². The first kappa shape index (κ1) is 25.2. The number of hydrogen-bond acceptors (Lipinski definition) is 6. The van der Waals surface area contributed by atoms with Gasteiger partial charge in [-0.25, -0.2) is 9.97 Å². The molecule has 0 aliphatic rings. The number of esters is 2. The van der Waals surface area contributed by atoms with Crippen LogP contribution < -0.4 is 4.74 Å². The molecule has 6 nitrogen and oxygen atoms in total. The lowest BCUT2D eigenvalue weighted by molar-refractivity contribution is -0.148. The van der Waals surface area contributed by atoms with Gasteiger partial charge in [0.1, 0.15) is 0 Å². The summed E-state index contributed by atoms with van der Waals surface area (Å²) in [6.45, 7) is 5.87. The summed E-state index contributed by atoms with van der Waals surface area (Å²) in [5, 5.41) is 0. The summed E-state index contributed by atoms with van der Waals surface area (Å²) in [6, 6.07) is 7.96. The molecular formula is C26H34N2O4. The van der Waals surface area contributed by atoms with Crippen molar-refractivity contribution in [2.75, 3.05) is 0 Å². The zero-order valence-corrected chi connectivity index (χ0v) is 19.4. The monoisotopic (exact) mass is 438 g/mol. The van der Waals surface area contributed by atoms with Gasteiger partial charge in [0.2, 0.25) is 0 Å². The van der Waals surface area contributed by atoms with Gasteiger partial charge >= 0.3 is 11.9 Å². The van der Waals surface area contributed by atoms with E-state index in [1.54, 1.807) is 6.92 Å². The molecule has 0 bridgehead atoms. The van der Waals surface area contributed by atoms with Gasteiger partial charge in [0.15, 0.2) is 11.6 Å². The van der Waals surface area contributed by atoms with Crippen LogP contribution in [0.25, 0.3) is 11.4 Å². The molecule has 0 aliphatic carbocycles. The number of carbonyl (C=O) groups excluding carboxylic acids is 2. The van der Waals surface area contributed by atoms with Crippen LogP contribution in [0.3, 0.4) is 0 Å². The van der Waals surface area contributed by atoms with Gasteiger partial charge < -0.3 is 9.47 Å². The summed E-state index contributed by atoms with van der Waals surface area (Å²) >= 11 is 0. The first-order valence-corrected chi connectivity index (χ1v) is 11.5. The second kappa shape index (κ2) is 14.1. The Bertz CT molecular complexity index is 860. The standard InChI is InChI=1S/C26H34N2O4/c1-4-6-7-8-9-10-11-25(30)32-23-18-27-26(28-19-23)22-16-14-21(15-17-22)13-12-20(3)31-24(29)5-2/h9-10,14-20H,4-8,11-13H2,1-3H3. The van der Waals surface area contributed by atoms with Gasteiger partial charge in [0.25, 0.3) is 0 Å². The topological polar surface area (TPSA) is 78.4 Å². The Morgan fingerprint density at radius 3 is 2.38 bits per heavy atom. The second-order valence-electron chi connectivity index (χ2n) is 7.78. The molecule has 0 amide bonds. The quantitative estimate of drug-likeness (QED) is 0.222. The van der Waals surface area contributed by atoms with Crippen molar-refractivity contribution in [1.82, 2.24) is 9.97 Å². The van der Waals surface area contributed by atoms with Gasteiger partial charge in [0.05, 0.1) is 24.9 Å². The molecule has 0 aliphatic heterocycles. The van der Waals surface area contributed by atoms with Crippen LogP contribution in [0.2, 0.25) is 0 Å². The van der Waals surface area contributed by atoms with E-state index in [9.17, 15) is 9.59 Å². The predicted molar refractivity (Wildman–Crippen MR) is 125 cm³/mol. The zero-order valence-electron chi connectivity index (χ0n) is 19.4. The van der Waals surface area contributed by atoms with Gasteiger partial charge in [-0.15, -0.1) is 0 Å². The Kier molecular flexibility index (Phi) is 11.1. The van der Waals surface area contributed by atoms with Crippen molar-refractivity contribution in [3.8, 4) is 17.1 Å². The highest BCUT2D eigenvalue weighted by molar-refractivity contribution is 5.73. The largest absolute Gasteiger partial charge is 0.463 e. The van der Waals surface area contributed by atoms with Crippen molar-refractivity contribution >= 4 is 11.9 Å². The van der Waals surface area contributed by atoms with Gasteiger partial charge in [-0.3, -0.25) is 9.59 Å². The van der Waals surface area contributed by atoms with Crippen LogP contribution in [0.4, 0.5) is 0 Å². The molecule has 1 aromatic heterocycles. The van der Waals surface area contributed by atoms with Gasteiger partial charge in [0, 0.05) is 12.0 Å². The third kappa shape index (κ3) is 9.41. The van der Waals surface area contributed by atoms with Crippen molar-refractivity contribution in [3.05, 3.63) is 54.4 Å². The molecule has 0 N–H and O–H groups in total. The summed E-state index contributed by atoms with van der Waals surface area (Å²) in [5.74, 6) is 0.414. The summed E-state index contributed by atoms with van der Waals surface area (Å²) in [6.07, 6.45) is 13.6. The number of ether oxygens (including phenoxy) is 2. The van der Waals surface area contributed by atoms with E-state index in [0.29, 0.717) is 18.0 Å². The number of nitrogens with zero attached hydrogens (tertiary/aromatic N) is 2. The van der Waals surface area contributed by atoms with Crippen LogP contribution in [0.1, 0.15) is 71.3 Å². The fraction of sp³-hybridized carbons (Fsp3) is 0.462. The number of aryl methyl sites for hydroxylation is 1. The van der Waals surface area contributed by atoms with E-state index >= 15 is 0 Å². The third-order valence-corrected chi connectivity index (χ3v) is 4.96. The number of hydrogen-bond donors (Lipinski definition) is 0. The maximum absolute atomic E-state index is 11.9. The Hall–Kier alpha value is -3.02. The normalized spacial score (nSPS) is 12.0. The Balaban J connectivity index is 1.80. The Labute approximate surface area is 191 Å². The average molecular weight is 439 g/mol. The lowest BCUT2D eigenvalue weighted by Gasteiger charge is -2.12. The highest BCUT2D eigenvalue weighted by Gasteiger charge is 2.09. The molecule has 0 radical (unpaired) electrons. The molecule has 1 heterocycles. The van der Waals surface area contributed by atoms with E-state index < -0.39 is 0 Å². The maximum Gasteiger partial charge on any atom is 0.315 e. The minimum Gasteiger partial charge on any atom is -0.463 e. The molecular weight excluding hydrogens is 404 g/mol. The number of benzene rings is 1. The highest BCUT2D eigenvalue weighted by atomic mass is 16.5. The number of carbonyl (C=O) groups is 2. The first-order chi connectivity index (χ1) is 15.5. The SMILES string of the molecule is CCCCCC=CCC(=O)Oc1cnc(-c2ccc(CCC(C)OC(=O)CC)cc2)nc1. The highest BCUT2D eigenvalue weighted by Crippen LogP contribution is 2.19. The number of unbranched alkanes of at least 4 members (excludes halogenated alkanes) is 3. The smallest absolute Gasteiger partial charge is 0.315 e. The first-order valence-electron chi connectivity index (χ1n) is 11.5. The van der Waals surface area contributed by atoms with Gasteiger partial charge in [-0.05, 0) is 38.2 Å². The Morgan fingerprint density at radius 1 is 1.00 bits per heavy atom. The van der Waals surface area contributed by atoms with E-state index in [2.05, 4.69) is 16.9 Å². The second-order valence-corrected chi connectivity index (χ2v) is 7.78. The number of rotatable bonds is 13. The summed E-state index contributed by atoms with van der Waals surface area (Å²) in [4.78, 5) is 31.9. The molecule has 172 valence electrons. The fourth-order valence-electron chi connectivity index (χ4n) is 3.06. The van der Waals surface area contributed by atoms with Crippen LogP contribution in [0.15, 0.2) is 48.8 Å². The van der Waals surface area contributed by atoms with E-state index in [1.165, 1.54) is 25.2 Å². The molecule has 1 unspecified atom stereocenters. The lowest BCUT2D eigenvalue weighted by Crippen LogP contribution is -2.14. The van der Waals surface area contributed by atoms with Crippen LogP contribution in [0, 0.1) is 0 Å². The van der Waals surface area contributed by atoms with Crippen molar-refractivity contribution in [1.29, 1.82) is 0 Å². The summed E-state index contributed by atoms with van der Waals surface area (Å²) in [5.41, 5.74) is 2.04. The maximum atomic E-state index is 11.9. The third-order valence-electron chi connectivity index (χ3n) is 4.96. The summed E-state index contributed by atoms with van der Waals surface area (Å²) < 4.78 is 10.6. The van der Waals surface area contributed by atoms with E-state index in [0.717, 1.165) is 36.8 Å². The average Bonchev–Trinajstić information content (AvgIpc) is 2.81. The van der Waals surface area contributed by atoms with Gasteiger partial charge in [-0.1, -0.05) is 63.1 Å². The van der Waals surface area contributed by atoms with E-state index in [4.69, 9.17) is 9.47 Å². The van der Waals surface area contributed by atoms with Crippen LogP contribution in [0.5, 0.6) is 5.75 Å². The minimum atomic E-state index is -0.323. The van der Waals surface area contributed by atoms with Crippen LogP contribution in [-0.4, -0.2) is 28.0 Å². The molecule has 2 rings (SSSR count). The summed E-state index contributed by atoms with van der Waals surface area (Å²) in [7, 11) is 0. The molecule has 0 saturated carbocycles. The molecule has 1 aromatic carbocycles. The molecule has 6 heteroatoms. The van der Waals surface area contributed by atoms with Crippen molar-refractivity contribution in [2.45, 2.75) is 78.2 Å². The molecule has 1 atom stereocenters. The molecule has 0 fully saturated rings. The van der Waals surface area contributed by atoms with E-state index in [-0.39, 0.29) is 24.5 Å². The molecule has 32 heavy (non-hydrogen) atoms.